The van der Waals surface area contributed by atoms with Crippen LogP contribution >= 0.6 is 15.9 Å². The maximum atomic E-state index is 11.6. The third-order valence-corrected chi connectivity index (χ3v) is 2.56. The van der Waals surface area contributed by atoms with Gasteiger partial charge in [0.25, 0.3) is 0 Å². The van der Waals surface area contributed by atoms with Gasteiger partial charge in [-0.25, -0.2) is 4.79 Å². The smallest absolute Gasteiger partial charge is 0.341 e. The molecule has 16 heavy (non-hydrogen) atoms. The van der Waals surface area contributed by atoms with E-state index in [1.165, 1.54) is 7.11 Å². The van der Waals surface area contributed by atoms with E-state index in [4.69, 9.17) is 9.47 Å². The summed E-state index contributed by atoms with van der Waals surface area (Å²) in [5.74, 6) is -0.424. The number of ether oxygens (including phenoxy) is 3. The minimum atomic E-state index is -0.424. The second-order valence-electron chi connectivity index (χ2n) is 3.09. The Labute approximate surface area is 103 Å². The molecule has 1 aromatic rings. The Morgan fingerprint density at radius 1 is 1.31 bits per heavy atom. The molecule has 0 fully saturated rings. The Morgan fingerprint density at radius 2 is 2.06 bits per heavy atom. The van der Waals surface area contributed by atoms with Crippen LogP contribution in [-0.4, -0.2) is 27.0 Å². The van der Waals surface area contributed by atoms with Gasteiger partial charge in [-0.2, -0.15) is 0 Å². The van der Waals surface area contributed by atoms with Crippen molar-refractivity contribution in [3.05, 3.63) is 33.8 Å². The number of carbonyl (C=O) groups excluding carboxylic acids is 1. The molecule has 0 heterocycles. The molecule has 0 radical (unpaired) electrons. The number of rotatable bonds is 5. The summed E-state index contributed by atoms with van der Waals surface area (Å²) >= 11 is 3.29. The van der Waals surface area contributed by atoms with E-state index < -0.39 is 5.97 Å². The lowest BCUT2D eigenvalue weighted by atomic mass is 10.1. The molecular weight excluding hydrogens is 276 g/mol. The van der Waals surface area contributed by atoms with Gasteiger partial charge in [-0.05, 0) is 33.6 Å². The maximum Gasteiger partial charge on any atom is 0.341 e. The molecule has 1 aromatic carbocycles. The van der Waals surface area contributed by atoms with Crippen molar-refractivity contribution in [1.29, 1.82) is 0 Å². The summed E-state index contributed by atoms with van der Waals surface area (Å²) in [6, 6.07) is 5.39. The summed E-state index contributed by atoms with van der Waals surface area (Å²) in [5.41, 5.74) is 1.38. The van der Waals surface area contributed by atoms with Crippen LogP contribution in [0.25, 0.3) is 0 Å². The van der Waals surface area contributed by atoms with Crippen molar-refractivity contribution in [3.63, 3.8) is 0 Å². The zero-order valence-electron chi connectivity index (χ0n) is 9.16. The third kappa shape index (κ3) is 3.59. The second-order valence-corrected chi connectivity index (χ2v) is 3.94. The van der Waals surface area contributed by atoms with E-state index in [0.717, 1.165) is 5.56 Å². The van der Waals surface area contributed by atoms with Crippen LogP contribution in [0.2, 0.25) is 0 Å². The van der Waals surface area contributed by atoms with E-state index >= 15 is 0 Å². The summed E-state index contributed by atoms with van der Waals surface area (Å²) in [4.78, 5) is 11.6. The zero-order chi connectivity index (χ0) is 12.0. The van der Waals surface area contributed by atoms with Gasteiger partial charge in [0.1, 0.15) is 0 Å². The lowest BCUT2D eigenvalue weighted by Gasteiger charge is -2.07. The number of halogens is 1. The molecule has 1 rings (SSSR count). The molecule has 88 valence electrons. The molecule has 0 aliphatic rings. The predicted octanol–water partition coefficient (Wildman–Crippen LogP) is 2.36. The SMILES string of the molecule is COCOC(=O)c1cc(COC)ccc1Br. The largest absolute Gasteiger partial charge is 0.435 e. The Morgan fingerprint density at radius 3 is 2.69 bits per heavy atom. The Bertz CT molecular complexity index is 365. The molecule has 0 unspecified atom stereocenters. The van der Waals surface area contributed by atoms with Crippen LogP contribution in [-0.2, 0) is 20.8 Å². The number of carbonyl (C=O) groups is 1. The lowest BCUT2D eigenvalue weighted by molar-refractivity contribution is -0.0125. The number of hydrogen-bond acceptors (Lipinski definition) is 4. The standard InChI is InChI=1S/C11H13BrO4/c1-14-6-8-3-4-10(12)9(5-8)11(13)16-7-15-2/h3-5H,6-7H2,1-2H3. The van der Waals surface area contributed by atoms with Crippen LogP contribution in [0.3, 0.4) is 0 Å². The highest BCUT2D eigenvalue weighted by molar-refractivity contribution is 9.10. The topological polar surface area (TPSA) is 44.8 Å². The van der Waals surface area contributed by atoms with Crippen molar-refractivity contribution in [2.75, 3.05) is 21.0 Å². The van der Waals surface area contributed by atoms with Gasteiger partial charge in [-0.3, -0.25) is 0 Å². The first-order valence-electron chi connectivity index (χ1n) is 4.62. The van der Waals surface area contributed by atoms with Crippen molar-refractivity contribution in [1.82, 2.24) is 0 Å². The van der Waals surface area contributed by atoms with E-state index in [2.05, 4.69) is 20.7 Å². The van der Waals surface area contributed by atoms with Crippen LogP contribution in [0.15, 0.2) is 22.7 Å². The minimum Gasteiger partial charge on any atom is -0.435 e. The van der Waals surface area contributed by atoms with E-state index in [9.17, 15) is 4.79 Å². The van der Waals surface area contributed by atoms with E-state index in [-0.39, 0.29) is 6.79 Å². The van der Waals surface area contributed by atoms with Gasteiger partial charge in [-0.1, -0.05) is 6.07 Å². The summed E-state index contributed by atoms with van der Waals surface area (Å²) < 4.78 is 15.2. The van der Waals surface area contributed by atoms with Crippen molar-refractivity contribution < 1.29 is 19.0 Å². The number of benzene rings is 1. The van der Waals surface area contributed by atoms with Gasteiger partial charge in [0.05, 0.1) is 12.2 Å². The van der Waals surface area contributed by atoms with Crippen LogP contribution in [0, 0.1) is 0 Å². The second kappa shape index (κ2) is 6.62. The predicted molar refractivity (Wildman–Crippen MR) is 62.1 cm³/mol. The first-order chi connectivity index (χ1) is 7.69. The fraction of sp³-hybridized carbons (Fsp3) is 0.364. The van der Waals surface area contributed by atoms with Gasteiger partial charge in [0.2, 0.25) is 0 Å². The molecule has 0 atom stereocenters. The van der Waals surface area contributed by atoms with Gasteiger partial charge >= 0.3 is 5.97 Å². The summed E-state index contributed by atoms with van der Waals surface area (Å²) in [5, 5.41) is 0. The van der Waals surface area contributed by atoms with E-state index in [1.807, 2.05) is 6.07 Å². The molecular formula is C11H13BrO4. The molecule has 0 amide bonds. The Hall–Kier alpha value is -0.910. The molecule has 0 N–H and O–H groups in total. The van der Waals surface area contributed by atoms with Crippen LogP contribution in [0.1, 0.15) is 15.9 Å². The highest BCUT2D eigenvalue weighted by Gasteiger charge is 2.12. The van der Waals surface area contributed by atoms with Crippen molar-refractivity contribution >= 4 is 21.9 Å². The number of esters is 1. The molecule has 0 bridgehead atoms. The quantitative estimate of drug-likeness (QED) is 0.616. The fourth-order valence-corrected chi connectivity index (χ4v) is 1.58. The van der Waals surface area contributed by atoms with Crippen LogP contribution in [0.4, 0.5) is 0 Å². The molecule has 5 heteroatoms. The van der Waals surface area contributed by atoms with Gasteiger partial charge in [-0.15, -0.1) is 0 Å². The zero-order valence-corrected chi connectivity index (χ0v) is 10.7. The number of hydrogen-bond donors (Lipinski definition) is 0. The summed E-state index contributed by atoms with van der Waals surface area (Å²) in [6.07, 6.45) is 0. The first-order valence-corrected chi connectivity index (χ1v) is 5.41. The maximum absolute atomic E-state index is 11.6. The summed E-state index contributed by atoms with van der Waals surface area (Å²) in [6.45, 7) is 0.400. The average molecular weight is 289 g/mol. The first kappa shape index (κ1) is 13.2. The minimum absolute atomic E-state index is 0.0558. The fourth-order valence-electron chi connectivity index (χ4n) is 1.18. The Kier molecular flexibility index (Phi) is 5.45. The molecule has 0 aromatic heterocycles. The average Bonchev–Trinajstić information content (AvgIpc) is 2.29. The molecule has 0 aliphatic carbocycles. The molecule has 0 spiro atoms. The van der Waals surface area contributed by atoms with Crippen molar-refractivity contribution in [3.8, 4) is 0 Å². The number of methoxy groups -OCH3 is 2. The molecule has 4 nitrogen and oxygen atoms in total. The van der Waals surface area contributed by atoms with E-state index in [0.29, 0.717) is 16.6 Å². The highest BCUT2D eigenvalue weighted by Crippen LogP contribution is 2.19. The van der Waals surface area contributed by atoms with Crippen LogP contribution < -0.4 is 0 Å². The highest BCUT2D eigenvalue weighted by atomic mass is 79.9. The summed E-state index contributed by atoms with van der Waals surface area (Å²) in [7, 11) is 3.06. The van der Waals surface area contributed by atoms with Gasteiger partial charge in [0, 0.05) is 18.7 Å². The van der Waals surface area contributed by atoms with Gasteiger partial charge < -0.3 is 14.2 Å². The monoisotopic (exact) mass is 288 g/mol. The van der Waals surface area contributed by atoms with Crippen molar-refractivity contribution in [2.45, 2.75) is 6.61 Å². The third-order valence-electron chi connectivity index (χ3n) is 1.87. The molecule has 0 aliphatic heterocycles. The molecule has 0 saturated carbocycles. The van der Waals surface area contributed by atoms with E-state index in [1.54, 1.807) is 19.2 Å². The van der Waals surface area contributed by atoms with Gasteiger partial charge in [0.15, 0.2) is 6.79 Å². The van der Waals surface area contributed by atoms with Crippen molar-refractivity contribution in [2.24, 2.45) is 0 Å². The molecule has 0 saturated heterocycles. The van der Waals surface area contributed by atoms with Crippen LogP contribution in [0.5, 0.6) is 0 Å². The lowest BCUT2D eigenvalue weighted by Crippen LogP contribution is -2.08. The normalized spacial score (nSPS) is 10.2. The Balaban J connectivity index is 2.84.